The molecule has 0 heterocycles. The first-order valence-electron chi connectivity index (χ1n) is 8.28. The van der Waals surface area contributed by atoms with Gasteiger partial charge in [-0.25, -0.2) is 13.1 Å². The Morgan fingerprint density at radius 1 is 1.00 bits per heavy atom. The molecule has 11 heteroatoms. The van der Waals surface area contributed by atoms with Gasteiger partial charge in [-0.3, -0.25) is 9.59 Å². The van der Waals surface area contributed by atoms with Gasteiger partial charge in [-0.15, -0.1) is 0 Å². The number of nitrogens with one attached hydrogen (secondary N) is 3. The summed E-state index contributed by atoms with van der Waals surface area (Å²) in [6.45, 7) is -0.702. The number of sulfonamides is 1. The van der Waals surface area contributed by atoms with Crippen LogP contribution in [0.2, 0.25) is 0 Å². The smallest absolute Gasteiger partial charge is 0.359 e. The molecule has 2 amide bonds. The fraction of sp³-hybridized carbons (Fsp3) is 0.222. The first kappa shape index (κ1) is 22.4. The molecule has 156 valence electrons. The fourth-order valence-electron chi connectivity index (χ4n) is 2.34. The van der Waals surface area contributed by atoms with Crippen molar-refractivity contribution in [1.82, 2.24) is 10.0 Å². The Morgan fingerprint density at radius 3 is 2.34 bits per heavy atom. The Bertz CT molecular complexity index is 1010. The van der Waals surface area contributed by atoms with Crippen LogP contribution >= 0.6 is 0 Å². The van der Waals surface area contributed by atoms with Crippen LogP contribution in [0.1, 0.15) is 11.1 Å². The maximum Gasteiger partial charge on any atom is 0.416 e. The molecule has 0 aliphatic rings. The van der Waals surface area contributed by atoms with Gasteiger partial charge in [-0.1, -0.05) is 24.3 Å². The van der Waals surface area contributed by atoms with Crippen LogP contribution in [0.5, 0.6) is 0 Å². The predicted molar refractivity (Wildman–Crippen MR) is 99.5 cm³/mol. The molecule has 2 rings (SSSR count). The van der Waals surface area contributed by atoms with Gasteiger partial charge in [0.2, 0.25) is 21.8 Å². The number of rotatable bonds is 7. The number of amides is 2. The van der Waals surface area contributed by atoms with Gasteiger partial charge < -0.3 is 10.6 Å². The second kappa shape index (κ2) is 9.05. The van der Waals surface area contributed by atoms with E-state index in [0.29, 0.717) is 17.3 Å². The van der Waals surface area contributed by atoms with Crippen molar-refractivity contribution in [2.75, 3.05) is 18.9 Å². The van der Waals surface area contributed by atoms with E-state index in [4.69, 9.17) is 0 Å². The highest BCUT2D eigenvalue weighted by atomic mass is 32.2. The molecule has 0 unspecified atom stereocenters. The van der Waals surface area contributed by atoms with Crippen LogP contribution in [0, 0.1) is 0 Å². The third kappa shape index (κ3) is 6.29. The number of hydrogen-bond acceptors (Lipinski definition) is 4. The van der Waals surface area contributed by atoms with E-state index in [0.717, 1.165) is 18.2 Å². The Hall–Kier alpha value is -2.92. The Labute approximate surface area is 165 Å². The standard InChI is InChI=1S/C18H18F3N3O4S/c1-22-16(25)9-12-5-2-3-8-15(12)24-17(26)11-23-29(27,28)14-7-4-6-13(10-14)18(19,20)21/h2-8,10,23H,9,11H2,1H3,(H,22,25)(H,24,26). The average molecular weight is 429 g/mol. The van der Waals surface area contributed by atoms with Gasteiger partial charge >= 0.3 is 6.18 Å². The lowest BCUT2D eigenvalue weighted by Crippen LogP contribution is -2.33. The van der Waals surface area contributed by atoms with Crippen molar-refractivity contribution in [3.8, 4) is 0 Å². The summed E-state index contributed by atoms with van der Waals surface area (Å²) >= 11 is 0. The largest absolute Gasteiger partial charge is 0.416 e. The van der Waals surface area contributed by atoms with Gasteiger partial charge in [0.15, 0.2) is 0 Å². The topological polar surface area (TPSA) is 104 Å². The van der Waals surface area contributed by atoms with Crippen molar-refractivity contribution in [1.29, 1.82) is 0 Å². The molecule has 0 saturated carbocycles. The number of likely N-dealkylation sites (N-methyl/N-ethyl adjacent to an activating group) is 1. The van der Waals surface area contributed by atoms with Gasteiger partial charge in [0.1, 0.15) is 0 Å². The van der Waals surface area contributed by atoms with Crippen LogP contribution in [-0.2, 0) is 32.2 Å². The quantitative estimate of drug-likeness (QED) is 0.625. The van der Waals surface area contributed by atoms with Gasteiger partial charge in [0.25, 0.3) is 0 Å². The summed E-state index contributed by atoms with van der Waals surface area (Å²) in [4.78, 5) is 23.0. The SMILES string of the molecule is CNC(=O)Cc1ccccc1NC(=O)CNS(=O)(=O)c1cccc(C(F)(F)F)c1. The average Bonchev–Trinajstić information content (AvgIpc) is 2.67. The van der Waals surface area contributed by atoms with Crippen molar-refractivity contribution in [2.45, 2.75) is 17.5 Å². The molecule has 0 spiro atoms. The molecule has 0 aliphatic heterocycles. The minimum Gasteiger partial charge on any atom is -0.359 e. The van der Waals surface area contributed by atoms with E-state index < -0.39 is 39.1 Å². The van der Waals surface area contributed by atoms with Crippen molar-refractivity contribution in [3.63, 3.8) is 0 Å². The van der Waals surface area contributed by atoms with Crippen LogP contribution < -0.4 is 15.4 Å². The zero-order chi connectivity index (χ0) is 21.7. The third-order valence-electron chi connectivity index (χ3n) is 3.82. The molecular formula is C18H18F3N3O4S. The third-order valence-corrected chi connectivity index (χ3v) is 5.21. The molecule has 0 aliphatic carbocycles. The number of hydrogen-bond donors (Lipinski definition) is 3. The fourth-order valence-corrected chi connectivity index (χ4v) is 3.36. The summed E-state index contributed by atoms with van der Waals surface area (Å²) in [5, 5.41) is 4.92. The molecule has 0 radical (unpaired) electrons. The minimum atomic E-state index is -4.70. The number of benzene rings is 2. The number of alkyl halides is 3. The number of para-hydroxylation sites is 1. The normalized spacial score (nSPS) is 11.7. The zero-order valence-corrected chi connectivity index (χ0v) is 16.0. The van der Waals surface area contributed by atoms with Crippen molar-refractivity contribution in [3.05, 3.63) is 59.7 Å². The molecule has 0 atom stereocenters. The summed E-state index contributed by atoms with van der Waals surface area (Å²) in [7, 11) is -2.87. The molecule has 7 nitrogen and oxygen atoms in total. The van der Waals surface area contributed by atoms with E-state index in [1.807, 2.05) is 4.72 Å². The second-order valence-corrected chi connectivity index (χ2v) is 7.67. The first-order chi connectivity index (χ1) is 13.5. The highest BCUT2D eigenvalue weighted by Gasteiger charge is 2.31. The van der Waals surface area contributed by atoms with E-state index in [2.05, 4.69) is 10.6 Å². The van der Waals surface area contributed by atoms with Crippen LogP contribution in [-0.4, -0.2) is 33.8 Å². The zero-order valence-electron chi connectivity index (χ0n) is 15.2. The van der Waals surface area contributed by atoms with Gasteiger partial charge in [0.05, 0.1) is 23.4 Å². The lowest BCUT2D eigenvalue weighted by molar-refractivity contribution is -0.137. The molecule has 0 fully saturated rings. The summed E-state index contributed by atoms with van der Waals surface area (Å²) in [6, 6.07) is 9.64. The number of carbonyl (C=O) groups excluding carboxylic acids is 2. The Morgan fingerprint density at radius 2 is 1.69 bits per heavy atom. The number of carbonyl (C=O) groups is 2. The van der Waals surface area contributed by atoms with Gasteiger partial charge in [0, 0.05) is 12.7 Å². The highest BCUT2D eigenvalue weighted by molar-refractivity contribution is 7.89. The van der Waals surface area contributed by atoms with Crippen molar-refractivity contribution in [2.24, 2.45) is 0 Å². The van der Waals surface area contributed by atoms with E-state index in [-0.39, 0.29) is 12.3 Å². The minimum absolute atomic E-state index is 0.00289. The van der Waals surface area contributed by atoms with Crippen LogP contribution in [0.4, 0.5) is 18.9 Å². The molecule has 2 aromatic carbocycles. The van der Waals surface area contributed by atoms with Crippen molar-refractivity contribution < 1.29 is 31.2 Å². The lowest BCUT2D eigenvalue weighted by Gasteiger charge is -2.12. The van der Waals surface area contributed by atoms with Gasteiger partial charge in [-0.2, -0.15) is 13.2 Å². The Kier molecular flexibility index (Phi) is 6.98. The molecule has 3 N–H and O–H groups in total. The molecule has 0 bridgehead atoms. The summed E-state index contributed by atoms with van der Waals surface area (Å²) in [5.41, 5.74) is -0.284. The monoisotopic (exact) mass is 429 g/mol. The number of anilines is 1. The van der Waals surface area contributed by atoms with Gasteiger partial charge in [-0.05, 0) is 29.8 Å². The predicted octanol–water partition coefficient (Wildman–Crippen LogP) is 1.91. The molecular weight excluding hydrogens is 411 g/mol. The van der Waals surface area contributed by atoms with Crippen LogP contribution in [0.15, 0.2) is 53.4 Å². The lowest BCUT2D eigenvalue weighted by atomic mass is 10.1. The maximum absolute atomic E-state index is 12.8. The first-order valence-corrected chi connectivity index (χ1v) is 9.76. The maximum atomic E-state index is 12.8. The van der Waals surface area contributed by atoms with E-state index in [1.54, 1.807) is 18.2 Å². The second-order valence-electron chi connectivity index (χ2n) is 5.91. The van der Waals surface area contributed by atoms with E-state index in [1.165, 1.54) is 13.1 Å². The molecule has 2 aromatic rings. The van der Waals surface area contributed by atoms with Crippen LogP contribution in [0.3, 0.4) is 0 Å². The summed E-state index contributed by atoms with van der Waals surface area (Å²) < 4.78 is 64.7. The molecule has 29 heavy (non-hydrogen) atoms. The summed E-state index contributed by atoms with van der Waals surface area (Å²) in [6.07, 6.45) is -4.69. The molecule has 0 saturated heterocycles. The van der Waals surface area contributed by atoms with Crippen molar-refractivity contribution >= 4 is 27.5 Å². The van der Waals surface area contributed by atoms with Crippen LogP contribution in [0.25, 0.3) is 0 Å². The summed E-state index contributed by atoms with van der Waals surface area (Å²) in [5.74, 6) is -1.03. The highest BCUT2D eigenvalue weighted by Crippen LogP contribution is 2.30. The van der Waals surface area contributed by atoms with E-state index in [9.17, 15) is 31.2 Å². The number of halogens is 3. The Balaban J connectivity index is 2.07. The van der Waals surface area contributed by atoms with E-state index >= 15 is 0 Å². The molecule has 0 aromatic heterocycles.